The van der Waals surface area contributed by atoms with Gasteiger partial charge in [-0.25, -0.2) is 0 Å². The normalized spacial score (nSPS) is 34.8. The molecule has 134 valence electrons. The van der Waals surface area contributed by atoms with Crippen molar-refractivity contribution < 1.29 is 19.7 Å². The predicted octanol–water partition coefficient (Wildman–Crippen LogP) is 0.467. The molecule has 2 bridgehead atoms. The number of aliphatic hydroxyl groups is 2. The molecule has 3 aliphatic heterocycles. The number of rotatable bonds is 5. The van der Waals surface area contributed by atoms with Gasteiger partial charge in [-0.15, -0.1) is 0 Å². The lowest BCUT2D eigenvalue weighted by Gasteiger charge is -2.43. The van der Waals surface area contributed by atoms with Crippen molar-refractivity contribution >= 4 is 29.1 Å². The fraction of sp³-hybridized carbons (Fsp3) is 0.933. The third-order valence-corrected chi connectivity index (χ3v) is 5.76. The van der Waals surface area contributed by atoms with Gasteiger partial charge in [0.15, 0.2) is 11.4 Å². The summed E-state index contributed by atoms with van der Waals surface area (Å²) in [5.74, 6) is 1.66. The number of thiocarbonyl (C=S) groups is 1. The van der Waals surface area contributed by atoms with Crippen LogP contribution in [0.5, 0.6) is 0 Å². The molecule has 6 nitrogen and oxygen atoms in total. The Morgan fingerprint density at radius 2 is 2.09 bits per heavy atom. The molecule has 4 unspecified atom stereocenters. The van der Waals surface area contributed by atoms with E-state index in [1.165, 1.54) is 0 Å². The molecule has 3 fully saturated rings. The van der Waals surface area contributed by atoms with Crippen molar-refractivity contribution in [2.75, 3.05) is 31.7 Å². The topological polar surface area (TPSA) is 83.0 Å². The molecule has 4 N–H and O–H groups in total. The summed E-state index contributed by atoms with van der Waals surface area (Å²) in [4.78, 5) is 0. The van der Waals surface area contributed by atoms with E-state index in [2.05, 4.69) is 10.6 Å². The minimum Gasteiger partial charge on any atom is -0.390 e. The van der Waals surface area contributed by atoms with Gasteiger partial charge in [0.1, 0.15) is 6.10 Å². The highest BCUT2D eigenvalue weighted by molar-refractivity contribution is 7.99. The lowest BCUT2D eigenvalue weighted by molar-refractivity contribution is -0.284. The summed E-state index contributed by atoms with van der Waals surface area (Å²) in [6.07, 6.45) is 1.48. The first kappa shape index (κ1) is 19.2. The van der Waals surface area contributed by atoms with Crippen LogP contribution in [0.2, 0.25) is 0 Å². The van der Waals surface area contributed by atoms with E-state index in [1.54, 1.807) is 18.8 Å². The Morgan fingerprint density at radius 1 is 1.26 bits per heavy atom. The fourth-order valence-corrected chi connectivity index (χ4v) is 4.10. The summed E-state index contributed by atoms with van der Waals surface area (Å²) in [5, 5.41) is 27.2. The Bertz CT molecular complexity index is 373. The molecule has 3 rings (SSSR count). The van der Waals surface area contributed by atoms with Crippen LogP contribution in [0.15, 0.2) is 0 Å². The Morgan fingerprint density at radius 3 is 2.87 bits per heavy atom. The molecule has 23 heavy (non-hydrogen) atoms. The molecule has 5 atom stereocenters. The molecular weight excluding hydrogens is 336 g/mol. The van der Waals surface area contributed by atoms with Crippen LogP contribution >= 0.6 is 24.0 Å². The molecule has 0 aromatic heterocycles. The third-order valence-electron chi connectivity index (χ3n) is 4.36. The van der Waals surface area contributed by atoms with E-state index in [1.807, 2.05) is 0 Å². The van der Waals surface area contributed by atoms with Gasteiger partial charge >= 0.3 is 0 Å². The monoisotopic (exact) mass is 364 g/mol. The van der Waals surface area contributed by atoms with Gasteiger partial charge in [0.05, 0.1) is 12.2 Å². The van der Waals surface area contributed by atoms with Gasteiger partial charge in [-0.3, -0.25) is 0 Å². The van der Waals surface area contributed by atoms with Crippen molar-refractivity contribution in [2.45, 2.75) is 50.3 Å². The quantitative estimate of drug-likeness (QED) is 0.414. The predicted molar refractivity (Wildman–Crippen MR) is 95.6 cm³/mol. The highest BCUT2D eigenvalue weighted by Gasteiger charge is 2.44. The number of nitrogens with one attached hydrogen (secondary N) is 2. The molecule has 0 aromatic carbocycles. The second kappa shape index (κ2) is 10.0. The second-order valence-electron chi connectivity index (χ2n) is 5.99. The third kappa shape index (κ3) is 5.72. The van der Waals surface area contributed by atoms with Gasteiger partial charge in [-0.05, 0) is 25.1 Å². The Balaban J connectivity index is 1.83. The van der Waals surface area contributed by atoms with Crippen molar-refractivity contribution in [3.8, 4) is 0 Å². The van der Waals surface area contributed by atoms with E-state index in [9.17, 15) is 10.2 Å². The zero-order valence-corrected chi connectivity index (χ0v) is 15.2. The van der Waals surface area contributed by atoms with E-state index in [0.717, 1.165) is 43.7 Å². The van der Waals surface area contributed by atoms with Gasteiger partial charge in [-0.1, -0.05) is 12.8 Å². The highest BCUT2D eigenvalue weighted by atomic mass is 32.2. The summed E-state index contributed by atoms with van der Waals surface area (Å²) in [6, 6.07) is 0. The number of hydrogen-bond acceptors (Lipinski definition) is 6. The molecule has 0 spiro atoms. The van der Waals surface area contributed by atoms with Crippen LogP contribution in [0.4, 0.5) is 0 Å². The molecule has 3 saturated heterocycles. The van der Waals surface area contributed by atoms with Gasteiger partial charge < -0.3 is 30.3 Å². The summed E-state index contributed by atoms with van der Waals surface area (Å²) in [6.45, 7) is 1.36. The second-order valence-corrected chi connectivity index (χ2v) is 7.55. The smallest absolute Gasteiger partial charge is 0.186 e. The standard InChI is InChI=1S/C15H28N2O4S2/c1-16-15(22)17-6-8-23-9-11-10-5-3-2-4-7-20-14(21-11)13(19)12(10)18/h10-14,18-19H,2-9H2,1H3,(H2,16,17,22)/t10?,11?,12?,13?,14-/m1/s1. The first-order valence-corrected chi connectivity index (χ1v) is 9.86. The molecule has 3 aliphatic rings. The number of fused-ring (bicyclic) bond motifs is 7. The molecule has 3 heterocycles. The molecule has 0 amide bonds. The van der Waals surface area contributed by atoms with Crippen LogP contribution in [0.25, 0.3) is 0 Å². The van der Waals surface area contributed by atoms with Gasteiger partial charge in [-0.2, -0.15) is 11.8 Å². The Labute approximate surface area is 147 Å². The van der Waals surface area contributed by atoms with Crippen molar-refractivity contribution in [3.63, 3.8) is 0 Å². The average molecular weight is 365 g/mol. The van der Waals surface area contributed by atoms with E-state index in [0.29, 0.717) is 11.7 Å². The lowest BCUT2D eigenvalue weighted by Crippen LogP contribution is -2.56. The van der Waals surface area contributed by atoms with Crippen LogP contribution in [-0.2, 0) is 9.47 Å². The maximum atomic E-state index is 10.4. The Hall–Kier alpha value is -0.120. The number of ether oxygens (including phenoxy) is 2. The van der Waals surface area contributed by atoms with Crippen LogP contribution in [-0.4, -0.2) is 71.6 Å². The van der Waals surface area contributed by atoms with Gasteiger partial charge in [0, 0.05) is 37.6 Å². The number of hydrogen-bond donors (Lipinski definition) is 4. The largest absolute Gasteiger partial charge is 0.390 e. The van der Waals surface area contributed by atoms with Gasteiger partial charge in [0.25, 0.3) is 0 Å². The zero-order chi connectivity index (χ0) is 16.7. The number of aliphatic hydroxyl groups excluding tert-OH is 2. The zero-order valence-electron chi connectivity index (χ0n) is 13.6. The molecular formula is C15H28N2O4S2. The van der Waals surface area contributed by atoms with E-state index in [-0.39, 0.29) is 12.0 Å². The van der Waals surface area contributed by atoms with Crippen LogP contribution in [0.1, 0.15) is 25.7 Å². The summed E-state index contributed by atoms with van der Waals surface area (Å²) in [5.41, 5.74) is 0. The van der Waals surface area contributed by atoms with Crippen molar-refractivity contribution in [3.05, 3.63) is 0 Å². The molecule has 0 radical (unpaired) electrons. The first-order chi connectivity index (χ1) is 11.1. The highest BCUT2D eigenvalue weighted by Crippen LogP contribution is 2.33. The van der Waals surface area contributed by atoms with E-state index in [4.69, 9.17) is 21.7 Å². The average Bonchev–Trinajstić information content (AvgIpc) is 2.56. The van der Waals surface area contributed by atoms with E-state index < -0.39 is 18.5 Å². The van der Waals surface area contributed by atoms with Gasteiger partial charge in [0.2, 0.25) is 0 Å². The molecule has 8 heteroatoms. The summed E-state index contributed by atoms with van der Waals surface area (Å²) in [7, 11) is 1.79. The lowest BCUT2D eigenvalue weighted by atomic mass is 9.85. The maximum Gasteiger partial charge on any atom is 0.186 e. The summed E-state index contributed by atoms with van der Waals surface area (Å²) >= 11 is 6.79. The SMILES string of the molecule is CNC(=S)NCCSCC1O[C@H]2OCCCCCC1C(O)C2O. The molecule has 0 saturated carbocycles. The minimum atomic E-state index is -0.950. The van der Waals surface area contributed by atoms with Crippen molar-refractivity contribution in [2.24, 2.45) is 5.92 Å². The van der Waals surface area contributed by atoms with Crippen LogP contribution in [0, 0.1) is 5.92 Å². The van der Waals surface area contributed by atoms with Crippen molar-refractivity contribution in [1.82, 2.24) is 10.6 Å². The van der Waals surface area contributed by atoms with Crippen LogP contribution in [0.3, 0.4) is 0 Å². The number of thioether (sulfide) groups is 1. The Kier molecular flexibility index (Phi) is 8.35. The first-order valence-electron chi connectivity index (χ1n) is 8.30. The summed E-state index contributed by atoms with van der Waals surface area (Å²) < 4.78 is 11.6. The van der Waals surface area contributed by atoms with Crippen LogP contribution < -0.4 is 10.6 Å². The maximum absolute atomic E-state index is 10.4. The van der Waals surface area contributed by atoms with Crippen molar-refractivity contribution in [1.29, 1.82) is 0 Å². The van der Waals surface area contributed by atoms with E-state index >= 15 is 0 Å². The molecule has 0 aromatic rings. The molecule has 0 aliphatic carbocycles. The minimum absolute atomic E-state index is 0.0261. The fourth-order valence-electron chi connectivity index (χ4n) is 3.03.